The Morgan fingerprint density at radius 2 is 0.915 bits per heavy atom. The topological polar surface area (TPSA) is 415 Å². The van der Waals surface area contributed by atoms with Crippen molar-refractivity contribution < 1.29 is 88.7 Å². The Morgan fingerprint density at radius 3 is 1.30 bits per heavy atom. The second-order valence-corrected chi connectivity index (χ2v) is 22.0. The zero-order chi connectivity index (χ0) is 61.0. The molecular weight excluding hydrogens is 1070 g/mol. The SMILES string of the molecule is CC(C)(C)OC(=O)NC[C@H](O)C[C@@H]1NC(=O)[C@@H](NC(=O)OC(C)(C)C)Cc2cc(ccc2O)-c2ccc(O)c(c2)C[C@@H](C(=O)O)NC1=O.CC[C@H](O)C[C@@H]1NC(=O)[C@@H](N)Cc2cc(ccc2O)-c2ccc(O)c(c2)C[C@@H](C(=O)O)NC1=O. The number of aliphatic hydroxyl groups excluding tert-OH is 2. The summed E-state index contributed by atoms with van der Waals surface area (Å²) < 4.78 is 10.5. The lowest BCUT2D eigenvalue weighted by molar-refractivity contribution is -0.142. The molecule has 0 aliphatic carbocycles. The number of alkyl carbamates (subject to hydrolysis) is 2. The van der Waals surface area contributed by atoms with Crippen LogP contribution in [0.15, 0.2) is 72.8 Å². The summed E-state index contributed by atoms with van der Waals surface area (Å²) in [5.41, 5.74) is 7.81. The summed E-state index contributed by atoms with van der Waals surface area (Å²) in [6, 6.07) is 10.1. The minimum atomic E-state index is -1.58. The average Bonchev–Trinajstić information content (AvgIpc) is 3.53. The van der Waals surface area contributed by atoms with Crippen molar-refractivity contribution in [3.63, 3.8) is 0 Å². The molecule has 444 valence electrons. The van der Waals surface area contributed by atoms with Gasteiger partial charge in [-0.2, -0.15) is 0 Å². The van der Waals surface area contributed by atoms with Crippen LogP contribution in [0.5, 0.6) is 23.0 Å². The van der Waals surface area contributed by atoms with E-state index in [1.807, 2.05) is 0 Å². The van der Waals surface area contributed by atoms with Gasteiger partial charge in [-0.3, -0.25) is 19.2 Å². The van der Waals surface area contributed by atoms with Crippen LogP contribution in [-0.2, 0) is 63.9 Å². The van der Waals surface area contributed by atoms with Gasteiger partial charge in [-0.1, -0.05) is 31.2 Å². The van der Waals surface area contributed by atoms with E-state index in [0.717, 1.165) is 0 Å². The van der Waals surface area contributed by atoms with Crippen LogP contribution in [0.25, 0.3) is 22.3 Å². The zero-order valence-corrected chi connectivity index (χ0v) is 46.4. The van der Waals surface area contributed by atoms with Crippen molar-refractivity contribution in [3.8, 4) is 45.3 Å². The number of hydrogen-bond donors (Lipinski definition) is 15. The Morgan fingerprint density at radius 1 is 0.549 bits per heavy atom. The molecule has 0 saturated carbocycles. The van der Waals surface area contributed by atoms with Crippen molar-refractivity contribution in [1.29, 1.82) is 0 Å². The number of aromatic hydroxyl groups is 4. The summed E-state index contributed by atoms with van der Waals surface area (Å²) in [4.78, 5) is 102. The molecule has 0 fully saturated rings. The molecule has 25 nitrogen and oxygen atoms in total. The summed E-state index contributed by atoms with van der Waals surface area (Å²) in [6.07, 6.45) is -5.35. The summed E-state index contributed by atoms with van der Waals surface area (Å²) in [5, 5.41) is 97.0. The molecule has 6 rings (SSSR count). The van der Waals surface area contributed by atoms with Gasteiger partial charge in [0.15, 0.2) is 0 Å². The van der Waals surface area contributed by atoms with E-state index in [4.69, 9.17) is 15.2 Å². The Balaban J connectivity index is 0.000000318. The van der Waals surface area contributed by atoms with Crippen molar-refractivity contribution in [3.05, 3.63) is 95.1 Å². The number of carboxylic acids is 2. The number of benzene rings is 4. The van der Waals surface area contributed by atoms with Crippen LogP contribution in [-0.4, -0.2) is 155 Å². The monoisotopic (exact) mass is 1140 g/mol. The predicted octanol–water partition coefficient (Wildman–Crippen LogP) is 2.49. The number of aliphatic hydroxyl groups is 2. The minimum absolute atomic E-state index is 0.0289. The maximum Gasteiger partial charge on any atom is 0.408 e. The second-order valence-electron chi connectivity index (χ2n) is 22.0. The van der Waals surface area contributed by atoms with Crippen molar-refractivity contribution in [1.82, 2.24) is 31.9 Å². The Kier molecular flexibility index (Phi) is 21.6. The van der Waals surface area contributed by atoms with Crippen molar-refractivity contribution in [2.24, 2.45) is 5.73 Å². The molecule has 2 heterocycles. The van der Waals surface area contributed by atoms with Crippen LogP contribution in [0.2, 0.25) is 0 Å². The lowest BCUT2D eigenvalue weighted by Crippen LogP contribution is -2.57. The highest BCUT2D eigenvalue weighted by molar-refractivity contribution is 5.94. The first-order valence-electron chi connectivity index (χ1n) is 26.3. The highest BCUT2D eigenvalue weighted by Gasteiger charge is 2.35. The van der Waals surface area contributed by atoms with E-state index >= 15 is 0 Å². The van der Waals surface area contributed by atoms with Crippen LogP contribution >= 0.6 is 0 Å². The summed E-state index contributed by atoms with van der Waals surface area (Å²) in [6.45, 7) is 11.1. The quantitative estimate of drug-likeness (QED) is 0.108. The van der Waals surface area contributed by atoms with Gasteiger partial charge in [0.1, 0.15) is 64.4 Å². The molecule has 8 bridgehead atoms. The van der Waals surface area contributed by atoms with Crippen LogP contribution in [0.1, 0.15) is 90.0 Å². The van der Waals surface area contributed by atoms with E-state index in [1.165, 1.54) is 30.3 Å². The Hall–Kier alpha value is -8.68. The number of nitrogens with one attached hydrogen (secondary N) is 6. The maximum absolute atomic E-state index is 13.8. The fraction of sp³-hybridized carbons (Fsp3) is 0.439. The van der Waals surface area contributed by atoms with E-state index in [9.17, 15) is 79.2 Å². The van der Waals surface area contributed by atoms with Crippen LogP contribution in [0, 0.1) is 0 Å². The zero-order valence-electron chi connectivity index (χ0n) is 46.4. The third-order valence-corrected chi connectivity index (χ3v) is 12.9. The van der Waals surface area contributed by atoms with E-state index in [1.54, 1.807) is 90.9 Å². The number of phenols is 4. The van der Waals surface area contributed by atoms with Gasteiger partial charge in [0.25, 0.3) is 0 Å². The number of hydrogen-bond acceptors (Lipinski definition) is 17. The standard InChI is InChI=1S/C33H44N4O11.C24H29N3O7/c1-32(2,3)47-30(45)34-16-21(38)15-23-28(42)36-24(29(43)44)14-20-12-18(8-10-26(20)40)17-7-9-25(39)19(11-17)13-22(27(41)35-23)37-31(46)48-33(4,5)6;1-2-16(28)11-18-23(32)27-19(24(33)34)10-15-8-13(4-6-21(15)30)12-3-5-20(29)14(7-12)9-17(25)22(31)26-18/h7-12,21-24,38-40H,13-16H2,1-6H3,(H,34,45)(H,35,41)(H,36,42)(H,37,46)(H,43,44);3-8,16-19,28-30H,2,9-11,25H2,1H3,(H,26,31)(H,27,32)(H,33,34)/t21-,22+,23+,24+;16-,17-,18-,19-/m10/s1. The van der Waals surface area contributed by atoms with Crippen LogP contribution < -0.4 is 37.6 Å². The first kappa shape index (κ1) is 64.1. The fourth-order valence-electron chi connectivity index (χ4n) is 8.63. The number of ether oxygens (including phenoxy) is 2. The number of carboxylic acid groups (broad SMARTS) is 2. The lowest BCUT2D eigenvalue weighted by Gasteiger charge is -2.27. The highest BCUT2D eigenvalue weighted by Crippen LogP contribution is 2.33. The minimum Gasteiger partial charge on any atom is -0.508 e. The van der Waals surface area contributed by atoms with Gasteiger partial charge in [-0.25, -0.2) is 19.2 Å². The predicted molar refractivity (Wildman–Crippen MR) is 295 cm³/mol. The highest BCUT2D eigenvalue weighted by atomic mass is 16.6. The maximum atomic E-state index is 13.8. The molecule has 8 atom stereocenters. The average molecular weight is 1140 g/mol. The molecule has 4 aromatic rings. The molecule has 0 radical (unpaired) electrons. The number of nitrogens with two attached hydrogens (primary N) is 1. The molecule has 0 unspecified atom stereocenters. The number of carbonyl (C=O) groups is 8. The molecule has 0 aromatic heterocycles. The summed E-state index contributed by atoms with van der Waals surface area (Å²) in [5.74, 6) is -6.79. The van der Waals surface area contributed by atoms with Gasteiger partial charge in [0.05, 0.1) is 18.2 Å². The Labute approximate surface area is 472 Å². The second kappa shape index (κ2) is 27.7. The molecule has 25 heteroatoms. The third kappa shape index (κ3) is 19.0. The normalized spacial score (nSPS) is 20.5. The largest absolute Gasteiger partial charge is 0.508 e. The molecule has 2 aliphatic heterocycles. The van der Waals surface area contributed by atoms with Gasteiger partial charge in [0.2, 0.25) is 23.6 Å². The van der Waals surface area contributed by atoms with Crippen LogP contribution in [0.4, 0.5) is 9.59 Å². The number of aliphatic carboxylic acids is 2. The molecule has 0 saturated heterocycles. The molecule has 6 amide bonds. The van der Waals surface area contributed by atoms with E-state index in [0.29, 0.717) is 39.8 Å². The van der Waals surface area contributed by atoms with Crippen molar-refractivity contribution in [2.75, 3.05) is 6.54 Å². The smallest absolute Gasteiger partial charge is 0.408 e. The molecular formula is C57H73N7O18. The fourth-order valence-corrected chi connectivity index (χ4v) is 8.63. The summed E-state index contributed by atoms with van der Waals surface area (Å²) >= 11 is 0. The Bertz CT molecular complexity index is 3010. The summed E-state index contributed by atoms with van der Waals surface area (Å²) in [7, 11) is 0. The van der Waals surface area contributed by atoms with Gasteiger partial charge < -0.3 is 88.0 Å². The molecule has 4 aromatic carbocycles. The van der Waals surface area contributed by atoms with Gasteiger partial charge in [-0.15, -0.1) is 0 Å². The number of carbonyl (C=O) groups excluding carboxylic acids is 6. The van der Waals surface area contributed by atoms with Crippen molar-refractivity contribution >= 4 is 47.8 Å². The number of rotatable bonds is 10. The van der Waals surface area contributed by atoms with Gasteiger partial charge >= 0.3 is 24.1 Å². The van der Waals surface area contributed by atoms with Crippen molar-refractivity contribution in [2.45, 2.75) is 153 Å². The lowest BCUT2D eigenvalue weighted by atomic mass is 9.95. The van der Waals surface area contributed by atoms with E-state index in [-0.39, 0.29) is 66.2 Å². The number of amides is 6. The molecule has 0 spiro atoms. The van der Waals surface area contributed by atoms with Gasteiger partial charge in [-0.05, 0) is 141 Å². The number of fused-ring (bicyclic) bond motifs is 10. The first-order chi connectivity index (χ1) is 38.3. The molecule has 82 heavy (non-hydrogen) atoms. The third-order valence-electron chi connectivity index (χ3n) is 12.9. The number of phenolic OH excluding ortho intramolecular Hbond substituents is 4. The molecule has 2 aliphatic rings. The van der Waals surface area contributed by atoms with E-state index in [2.05, 4.69) is 31.9 Å². The van der Waals surface area contributed by atoms with Gasteiger partial charge in [0, 0.05) is 45.1 Å². The molecule has 16 N–H and O–H groups in total. The first-order valence-corrected chi connectivity index (χ1v) is 26.3. The van der Waals surface area contributed by atoms with E-state index < -0.39 is 120 Å². The van der Waals surface area contributed by atoms with Crippen LogP contribution in [0.3, 0.4) is 0 Å².